The lowest BCUT2D eigenvalue weighted by Crippen LogP contribution is -2.31. The molecule has 114 valence electrons. The number of carboxylic acids is 1. The van der Waals surface area contributed by atoms with E-state index in [1.807, 2.05) is 0 Å². The van der Waals surface area contributed by atoms with Gasteiger partial charge in [0.1, 0.15) is 0 Å². The molecular formula is C16H32NO2-. The van der Waals surface area contributed by atoms with Crippen LogP contribution in [0.2, 0.25) is 0 Å². The third-order valence-corrected chi connectivity index (χ3v) is 3.75. The quantitative estimate of drug-likeness (QED) is 0.493. The summed E-state index contributed by atoms with van der Waals surface area (Å²) in [7, 11) is 0. The van der Waals surface area contributed by atoms with E-state index in [1.54, 1.807) is 0 Å². The Kier molecular flexibility index (Phi) is 13.4. The van der Waals surface area contributed by atoms with Gasteiger partial charge in [-0.3, -0.25) is 0 Å². The highest BCUT2D eigenvalue weighted by molar-refractivity contribution is 5.67. The first-order valence-corrected chi connectivity index (χ1v) is 8.13. The molecule has 0 saturated carbocycles. The molecule has 0 radical (unpaired) electrons. The molecule has 0 heterocycles. The number of carboxylic acid groups (broad SMARTS) is 1. The Morgan fingerprint density at radius 2 is 1.37 bits per heavy atom. The first-order chi connectivity index (χ1) is 9.22. The number of rotatable bonds is 14. The fourth-order valence-corrected chi connectivity index (χ4v) is 2.44. The normalized spacial score (nSPS) is 12.5. The molecular weight excluding hydrogens is 238 g/mol. The lowest BCUT2D eigenvalue weighted by Gasteiger charge is -2.17. The molecule has 1 atom stereocenters. The zero-order valence-corrected chi connectivity index (χ0v) is 12.7. The summed E-state index contributed by atoms with van der Waals surface area (Å²) < 4.78 is 0. The van der Waals surface area contributed by atoms with Crippen LogP contribution >= 0.6 is 0 Å². The van der Waals surface area contributed by atoms with Gasteiger partial charge in [0.25, 0.3) is 0 Å². The first kappa shape index (κ1) is 18.4. The third kappa shape index (κ3) is 12.2. The maximum atomic E-state index is 11.0. The number of hydrogen-bond donors (Lipinski definition) is 1. The van der Waals surface area contributed by atoms with Gasteiger partial charge in [0, 0.05) is 5.97 Å². The van der Waals surface area contributed by atoms with Crippen molar-refractivity contribution in [2.45, 2.75) is 84.0 Å². The second-order valence-electron chi connectivity index (χ2n) is 5.56. The summed E-state index contributed by atoms with van der Waals surface area (Å²) in [6, 6.07) is 0. The molecule has 0 aliphatic rings. The van der Waals surface area contributed by atoms with Crippen molar-refractivity contribution in [2.75, 3.05) is 6.54 Å². The molecule has 1 unspecified atom stereocenters. The van der Waals surface area contributed by atoms with Gasteiger partial charge in [0.05, 0.1) is 0 Å². The Bertz CT molecular complexity index is 207. The Morgan fingerprint density at radius 1 is 0.895 bits per heavy atom. The van der Waals surface area contributed by atoms with Crippen LogP contribution in [0.5, 0.6) is 0 Å². The summed E-state index contributed by atoms with van der Waals surface area (Å²) in [5.74, 6) is -1.13. The van der Waals surface area contributed by atoms with Gasteiger partial charge in [-0.25, -0.2) is 0 Å². The van der Waals surface area contributed by atoms with E-state index in [9.17, 15) is 9.90 Å². The molecule has 0 bridgehead atoms. The summed E-state index contributed by atoms with van der Waals surface area (Å²) in [5.41, 5.74) is 5.42. The minimum Gasteiger partial charge on any atom is -0.550 e. The third-order valence-electron chi connectivity index (χ3n) is 3.75. The van der Waals surface area contributed by atoms with Crippen LogP contribution in [0.15, 0.2) is 0 Å². The van der Waals surface area contributed by atoms with Crippen molar-refractivity contribution < 1.29 is 9.90 Å². The molecule has 0 aliphatic heterocycles. The summed E-state index contributed by atoms with van der Waals surface area (Å²) in [5, 5.41) is 11.0. The largest absolute Gasteiger partial charge is 0.550 e. The van der Waals surface area contributed by atoms with Gasteiger partial charge >= 0.3 is 0 Å². The van der Waals surface area contributed by atoms with Gasteiger partial charge in [-0.15, -0.1) is 0 Å². The van der Waals surface area contributed by atoms with E-state index < -0.39 is 5.97 Å². The zero-order chi connectivity index (χ0) is 14.3. The van der Waals surface area contributed by atoms with E-state index in [1.165, 1.54) is 38.5 Å². The monoisotopic (exact) mass is 270 g/mol. The van der Waals surface area contributed by atoms with Crippen LogP contribution < -0.4 is 10.8 Å². The topological polar surface area (TPSA) is 66.2 Å². The summed E-state index contributed by atoms with van der Waals surface area (Å²) in [6.45, 7) is 2.88. The van der Waals surface area contributed by atoms with Crippen LogP contribution in [-0.4, -0.2) is 12.5 Å². The van der Waals surface area contributed by atoms with Crippen LogP contribution in [0.4, 0.5) is 0 Å². The Balaban J connectivity index is 3.45. The van der Waals surface area contributed by atoms with Crippen LogP contribution in [-0.2, 0) is 4.79 Å². The summed E-state index contributed by atoms with van der Waals surface area (Å²) in [6.07, 6.45) is 13.4. The molecule has 2 N–H and O–H groups in total. The Morgan fingerprint density at radius 3 is 1.84 bits per heavy atom. The molecule has 0 aliphatic carbocycles. The smallest absolute Gasteiger partial charge is 0.0445 e. The van der Waals surface area contributed by atoms with Crippen molar-refractivity contribution in [2.24, 2.45) is 11.7 Å². The van der Waals surface area contributed by atoms with Crippen molar-refractivity contribution in [3.8, 4) is 0 Å². The molecule has 0 fully saturated rings. The molecule has 3 heteroatoms. The number of hydrogen-bond acceptors (Lipinski definition) is 3. The second-order valence-corrected chi connectivity index (χ2v) is 5.56. The van der Waals surface area contributed by atoms with Crippen molar-refractivity contribution in [3.05, 3.63) is 0 Å². The fraction of sp³-hybridized carbons (Fsp3) is 0.938. The molecule has 0 aromatic heterocycles. The molecule has 0 spiro atoms. The number of carbonyl (C=O) groups is 1. The van der Waals surface area contributed by atoms with E-state index in [0.29, 0.717) is 6.54 Å². The van der Waals surface area contributed by atoms with Gasteiger partial charge in [-0.1, -0.05) is 64.7 Å². The molecule has 0 aromatic carbocycles. The standard InChI is InChI=1S/C16H33NO2/c1-2-3-4-5-6-7-8-9-12-15(16(18)19)13-10-11-14-17/h15H,2-14,17H2,1H3,(H,18,19)/p-1. The Labute approximate surface area is 119 Å². The van der Waals surface area contributed by atoms with E-state index in [2.05, 4.69) is 6.92 Å². The lowest BCUT2D eigenvalue weighted by atomic mass is 9.95. The highest BCUT2D eigenvalue weighted by Crippen LogP contribution is 2.17. The van der Waals surface area contributed by atoms with Crippen molar-refractivity contribution in [1.82, 2.24) is 0 Å². The fourth-order valence-electron chi connectivity index (χ4n) is 2.44. The molecule has 0 amide bonds. The first-order valence-electron chi connectivity index (χ1n) is 8.13. The number of nitrogens with two attached hydrogens (primary N) is 1. The van der Waals surface area contributed by atoms with Crippen LogP contribution in [0.25, 0.3) is 0 Å². The molecule has 0 rings (SSSR count). The van der Waals surface area contributed by atoms with Crippen LogP contribution in [0, 0.1) is 5.92 Å². The van der Waals surface area contributed by atoms with E-state index in [-0.39, 0.29) is 5.92 Å². The zero-order valence-electron chi connectivity index (χ0n) is 12.7. The maximum absolute atomic E-state index is 11.0. The molecule has 0 aromatic rings. The van der Waals surface area contributed by atoms with Gasteiger partial charge in [0.2, 0.25) is 0 Å². The maximum Gasteiger partial charge on any atom is 0.0445 e. The van der Waals surface area contributed by atoms with Crippen molar-refractivity contribution >= 4 is 5.97 Å². The minimum absolute atomic E-state index is 0.258. The van der Waals surface area contributed by atoms with Crippen LogP contribution in [0.1, 0.15) is 84.0 Å². The van der Waals surface area contributed by atoms with E-state index >= 15 is 0 Å². The number of carbonyl (C=O) groups excluding carboxylic acids is 1. The summed E-state index contributed by atoms with van der Waals surface area (Å²) >= 11 is 0. The predicted octanol–water partition coefficient (Wildman–Crippen LogP) is 3.01. The minimum atomic E-state index is -0.875. The van der Waals surface area contributed by atoms with Crippen LogP contribution in [0.3, 0.4) is 0 Å². The van der Waals surface area contributed by atoms with Gasteiger partial charge < -0.3 is 15.6 Å². The van der Waals surface area contributed by atoms with Crippen molar-refractivity contribution in [1.29, 1.82) is 0 Å². The van der Waals surface area contributed by atoms with Gasteiger partial charge in [0.15, 0.2) is 0 Å². The average molecular weight is 270 g/mol. The lowest BCUT2D eigenvalue weighted by molar-refractivity contribution is -0.312. The van der Waals surface area contributed by atoms with Gasteiger partial charge in [-0.05, 0) is 31.7 Å². The highest BCUT2D eigenvalue weighted by Gasteiger charge is 2.09. The predicted molar refractivity (Wildman–Crippen MR) is 78.6 cm³/mol. The highest BCUT2D eigenvalue weighted by atomic mass is 16.4. The SMILES string of the molecule is CCCCCCCCCCC(CCCCN)C(=O)[O-]. The Hall–Kier alpha value is -0.570. The second kappa shape index (κ2) is 13.9. The summed E-state index contributed by atoms with van der Waals surface area (Å²) in [4.78, 5) is 11.0. The molecule has 19 heavy (non-hydrogen) atoms. The van der Waals surface area contributed by atoms with E-state index in [0.717, 1.165) is 38.5 Å². The number of aliphatic carboxylic acids is 1. The van der Waals surface area contributed by atoms with E-state index in [4.69, 9.17) is 5.73 Å². The number of unbranched alkanes of at least 4 members (excludes halogenated alkanes) is 8. The van der Waals surface area contributed by atoms with Gasteiger partial charge in [-0.2, -0.15) is 0 Å². The average Bonchev–Trinajstić information content (AvgIpc) is 2.39. The molecule has 3 nitrogen and oxygen atoms in total. The van der Waals surface area contributed by atoms with Crippen molar-refractivity contribution in [3.63, 3.8) is 0 Å². The molecule has 0 saturated heterocycles.